The molecule has 0 radical (unpaired) electrons. The molecule has 0 saturated heterocycles. The van der Waals surface area contributed by atoms with E-state index in [1.54, 1.807) is 0 Å². The highest BCUT2D eigenvalue weighted by Gasteiger charge is 2.29. The number of carbonyl (C=O) groups excluding carboxylic acids is 1. The van der Waals surface area contributed by atoms with E-state index in [1.807, 2.05) is 74.4 Å². The van der Waals surface area contributed by atoms with E-state index in [0.29, 0.717) is 10.7 Å². The number of benzene rings is 2. The van der Waals surface area contributed by atoms with Crippen LogP contribution in [0.4, 0.5) is 11.4 Å². The molecule has 0 fully saturated rings. The summed E-state index contributed by atoms with van der Waals surface area (Å²) in [6.45, 7) is 1.87. The van der Waals surface area contributed by atoms with E-state index in [-0.39, 0.29) is 11.9 Å². The van der Waals surface area contributed by atoms with Crippen molar-refractivity contribution in [2.24, 2.45) is 0 Å². The van der Waals surface area contributed by atoms with Crippen molar-refractivity contribution in [2.75, 3.05) is 24.3 Å². The lowest BCUT2D eigenvalue weighted by Gasteiger charge is -2.30. The molecule has 27 heavy (non-hydrogen) atoms. The number of carbonyl (C=O) groups is 1. The number of allylic oxidation sites excluding steroid dienone is 1. The summed E-state index contributed by atoms with van der Waals surface area (Å²) in [5.41, 5.74) is 4.17. The minimum atomic E-state index is -0.314. The number of amides is 1. The van der Waals surface area contributed by atoms with Gasteiger partial charge in [0, 0.05) is 35.6 Å². The third kappa shape index (κ3) is 4.48. The van der Waals surface area contributed by atoms with Crippen LogP contribution in [-0.4, -0.2) is 25.1 Å². The predicted octanol–water partition coefficient (Wildman–Crippen LogP) is 3.95. The fourth-order valence-electron chi connectivity index (χ4n) is 2.94. The molecular weight excluding hydrogens is 424 g/mol. The second-order valence-electron chi connectivity index (χ2n) is 6.52. The Kier molecular flexibility index (Phi) is 5.82. The molecule has 2 aromatic rings. The molecule has 140 valence electrons. The van der Waals surface area contributed by atoms with Crippen LogP contribution in [-0.2, 0) is 4.79 Å². The number of nitrogens with one attached hydrogen (secondary N) is 3. The third-order valence-corrected chi connectivity index (χ3v) is 5.11. The van der Waals surface area contributed by atoms with Gasteiger partial charge in [-0.2, -0.15) is 0 Å². The number of hydrogen-bond donors (Lipinski definition) is 3. The molecule has 1 amide bonds. The molecular formula is C20H21BrN4OS. The minimum Gasteiger partial charge on any atom is -0.378 e. The molecule has 0 aliphatic carbocycles. The van der Waals surface area contributed by atoms with E-state index in [0.717, 1.165) is 27.1 Å². The van der Waals surface area contributed by atoms with E-state index >= 15 is 0 Å². The van der Waals surface area contributed by atoms with Crippen LogP contribution in [0.25, 0.3) is 0 Å². The van der Waals surface area contributed by atoms with Gasteiger partial charge in [-0.15, -0.1) is 0 Å². The normalized spacial score (nSPS) is 16.4. The van der Waals surface area contributed by atoms with Gasteiger partial charge in [0.05, 0.1) is 11.6 Å². The first-order valence-electron chi connectivity index (χ1n) is 8.47. The van der Waals surface area contributed by atoms with Crippen molar-refractivity contribution in [3.05, 3.63) is 69.8 Å². The minimum absolute atomic E-state index is 0.168. The summed E-state index contributed by atoms with van der Waals surface area (Å²) in [5, 5.41) is 9.75. The highest BCUT2D eigenvalue weighted by atomic mass is 79.9. The molecule has 1 atom stereocenters. The molecule has 3 rings (SSSR count). The standard InChI is InChI=1S/C20H21BrN4OS/c1-12-17(19(26)23-15-8-6-14(21)7-9-15)18(24-20(27)22-12)13-4-10-16(11-5-13)25(2)3/h4-11,18H,1-3H3,(H,23,26)(H2,22,24,27)/t18-/m1/s1. The van der Waals surface area contributed by atoms with Crippen LogP contribution in [0.15, 0.2) is 64.3 Å². The zero-order chi connectivity index (χ0) is 19.6. The lowest BCUT2D eigenvalue weighted by molar-refractivity contribution is -0.113. The van der Waals surface area contributed by atoms with Gasteiger partial charge in [0.25, 0.3) is 5.91 Å². The predicted molar refractivity (Wildman–Crippen MR) is 118 cm³/mol. The maximum absolute atomic E-state index is 13.0. The van der Waals surface area contributed by atoms with Crippen molar-refractivity contribution < 1.29 is 4.79 Å². The fourth-order valence-corrected chi connectivity index (χ4v) is 3.48. The molecule has 0 saturated carbocycles. The molecule has 3 N–H and O–H groups in total. The maximum atomic E-state index is 13.0. The Balaban J connectivity index is 1.91. The Bertz CT molecular complexity index is 891. The summed E-state index contributed by atoms with van der Waals surface area (Å²) in [6, 6.07) is 15.3. The second-order valence-corrected chi connectivity index (χ2v) is 7.84. The lowest BCUT2D eigenvalue weighted by atomic mass is 9.94. The molecule has 0 spiro atoms. The van der Waals surface area contributed by atoms with Crippen molar-refractivity contribution in [2.45, 2.75) is 13.0 Å². The number of thiocarbonyl (C=S) groups is 1. The molecule has 1 aliphatic rings. The Labute approximate surface area is 173 Å². The lowest BCUT2D eigenvalue weighted by Crippen LogP contribution is -2.45. The van der Waals surface area contributed by atoms with Gasteiger partial charge in [-0.05, 0) is 61.1 Å². The monoisotopic (exact) mass is 444 g/mol. The van der Waals surface area contributed by atoms with Crippen LogP contribution in [0.5, 0.6) is 0 Å². The van der Waals surface area contributed by atoms with Gasteiger partial charge in [0.2, 0.25) is 0 Å². The number of nitrogens with zero attached hydrogens (tertiary/aromatic N) is 1. The SMILES string of the molecule is CC1=C(C(=O)Nc2ccc(Br)cc2)[C@@H](c2ccc(N(C)C)cc2)NC(=S)N1. The number of anilines is 2. The van der Waals surface area contributed by atoms with E-state index < -0.39 is 0 Å². The first-order chi connectivity index (χ1) is 12.8. The first-order valence-corrected chi connectivity index (χ1v) is 9.68. The number of hydrogen-bond acceptors (Lipinski definition) is 3. The average Bonchev–Trinajstić information content (AvgIpc) is 2.63. The summed E-state index contributed by atoms with van der Waals surface area (Å²) < 4.78 is 0.959. The molecule has 5 nitrogen and oxygen atoms in total. The highest BCUT2D eigenvalue weighted by Crippen LogP contribution is 2.29. The van der Waals surface area contributed by atoms with Crippen LogP contribution in [0.3, 0.4) is 0 Å². The number of rotatable bonds is 4. The van der Waals surface area contributed by atoms with Crippen LogP contribution in [0.1, 0.15) is 18.5 Å². The molecule has 1 heterocycles. The Morgan fingerprint density at radius 1 is 1.11 bits per heavy atom. The molecule has 0 unspecified atom stereocenters. The van der Waals surface area contributed by atoms with Crippen LogP contribution < -0.4 is 20.9 Å². The Hall–Kier alpha value is -2.38. The van der Waals surface area contributed by atoms with Crippen LogP contribution in [0, 0.1) is 0 Å². The van der Waals surface area contributed by atoms with E-state index in [4.69, 9.17) is 12.2 Å². The van der Waals surface area contributed by atoms with E-state index in [2.05, 4.69) is 31.9 Å². The Morgan fingerprint density at radius 3 is 2.33 bits per heavy atom. The molecule has 0 aromatic heterocycles. The summed E-state index contributed by atoms with van der Waals surface area (Å²) in [6.07, 6.45) is 0. The number of halogens is 1. The largest absolute Gasteiger partial charge is 0.378 e. The van der Waals surface area contributed by atoms with Crippen LogP contribution in [0.2, 0.25) is 0 Å². The van der Waals surface area contributed by atoms with E-state index in [9.17, 15) is 4.79 Å². The van der Waals surface area contributed by atoms with Gasteiger partial charge in [-0.25, -0.2) is 0 Å². The molecule has 1 aliphatic heterocycles. The molecule has 2 aromatic carbocycles. The Morgan fingerprint density at radius 2 is 1.74 bits per heavy atom. The fraction of sp³-hybridized carbons (Fsp3) is 0.200. The van der Waals surface area contributed by atoms with Gasteiger partial charge >= 0.3 is 0 Å². The van der Waals surface area contributed by atoms with Crippen LogP contribution >= 0.6 is 28.1 Å². The van der Waals surface area contributed by atoms with Gasteiger partial charge in [-0.1, -0.05) is 28.1 Å². The van der Waals surface area contributed by atoms with Crippen molar-refractivity contribution in [3.8, 4) is 0 Å². The van der Waals surface area contributed by atoms with Gasteiger partial charge < -0.3 is 20.9 Å². The van der Waals surface area contributed by atoms with Gasteiger partial charge in [-0.3, -0.25) is 4.79 Å². The van der Waals surface area contributed by atoms with Gasteiger partial charge in [0.15, 0.2) is 5.11 Å². The van der Waals surface area contributed by atoms with E-state index in [1.165, 1.54) is 0 Å². The molecule has 7 heteroatoms. The summed E-state index contributed by atoms with van der Waals surface area (Å²) in [5.74, 6) is -0.168. The average molecular weight is 445 g/mol. The summed E-state index contributed by atoms with van der Waals surface area (Å²) in [4.78, 5) is 15.1. The zero-order valence-corrected chi connectivity index (χ0v) is 17.7. The second kappa shape index (κ2) is 8.10. The quantitative estimate of drug-likeness (QED) is 0.623. The molecule has 0 bridgehead atoms. The summed E-state index contributed by atoms with van der Waals surface area (Å²) in [7, 11) is 3.99. The van der Waals surface area contributed by atoms with Gasteiger partial charge in [0.1, 0.15) is 0 Å². The van der Waals surface area contributed by atoms with Crippen molar-refractivity contribution >= 4 is 50.5 Å². The first kappa shape index (κ1) is 19.4. The zero-order valence-electron chi connectivity index (χ0n) is 15.3. The maximum Gasteiger partial charge on any atom is 0.255 e. The summed E-state index contributed by atoms with van der Waals surface area (Å²) >= 11 is 8.71. The van der Waals surface area contributed by atoms with Crippen molar-refractivity contribution in [1.29, 1.82) is 0 Å². The third-order valence-electron chi connectivity index (χ3n) is 4.36. The van der Waals surface area contributed by atoms with Crippen molar-refractivity contribution in [1.82, 2.24) is 10.6 Å². The topological polar surface area (TPSA) is 56.4 Å². The van der Waals surface area contributed by atoms with Crippen molar-refractivity contribution in [3.63, 3.8) is 0 Å². The highest BCUT2D eigenvalue weighted by molar-refractivity contribution is 9.10. The smallest absolute Gasteiger partial charge is 0.255 e.